The lowest BCUT2D eigenvalue weighted by Crippen LogP contribution is -2.49. The molecule has 1 aromatic rings. The predicted molar refractivity (Wildman–Crippen MR) is 78.0 cm³/mol. The van der Waals surface area contributed by atoms with E-state index in [1.807, 2.05) is 18.2 Å². The van der Waals surface area contributed by atoms with Gasteiger partial charge in [-0.05, 0) is 31.4 Å². The van der Waals surface area contributed by atoms with Gasteiger partial charge in [-0.3, -0.25) is 4.79 Å². The molecule has 1 heterocycles. The molecule has 0 unspecified atom stereocenters. The maximum atomic E-state index is 12.5. The summed E-state index contributed by atoms with van der Waals surface area (Å²) in [4.78, 5) is 14.3. The van der Waals surface area contributed by atoms with Gasteiger partial charge in [-0.25, -0.2) is 13.1 Å². The number of hydrogen-bond acceptors (Lipinski definition) is 3. The first-order valence-electron chi connectivity index (χ1n) is 6.78. The highest BCUT2D eigenvalue weighted by Crippen LogP contribution is 2.19. The second-order valence-electron chi connectivity index (χ2n) is 5.13. The van der Waals surface area contributed by atoms with Crippen LogP contribution >= 0.6 is 0 Å². The van der Waals surface area contributed by atoms with Gasteiger partial charge in [0, 0.05) is 24.7 Å². The molecule has 1 aliphatic rings. The van der Waals surface area contributed by atoms with E-state index in [0.717, 1.165) is 25.5 Å². The molecule has 0 saturated carbocycles. The minimum Gasteiger partial charge on any atom is -0.334 e. The fraction of sp³-hybridized carbons (Fsp3) is 0.500. The molecule has 1 aromatic carbocycles. The molecule has 20 heavy (non-hydrogen) atoms. The summed E-state index contributed by atoms with van der Waals surface area (Å²) >= 11 is 0. The molecule has 0 aromatic heterocycles. The zero-order valence-electron chi connectivity index (χ0n) is 11.6. The third-order valence-electron chi connectivity index (χ3n) is 3.49. The number of likely N-dealkylation sites (tertiary alicyclic amines) is 1. The monoisotopic (exact) mass is 296 g/mol. The van der Waals surface area contributed by atoms with Crippen LogP contribution in [-0.2, 0) is 10.0 Å². The van der Waals surface area contributed by atoms with Crippen molar-refractivity contribution in [3.05, 3.63) is 35.9 Å². The van der Waals surface area contributed by atoms with E-state index in [4.69, 9.17) is 0 Å². The summed E-state index contributed by atoms with van der Waals surface area (Å²) < 4.78 is 24.9. The lowest BCUT2D eigenvalue weighted by molar-refractivity contribution is 0.0619. The van der Waals surface area contributed by atoms with Crippen molar-refractivity contribution < 1.29 is 13.2 Å². The fourth-order valence-electron chi connectivity index (χ4n) is 2.47. The quantitative estimate of drug-likeness (QED) is 0.909. The summed E-state index contributed by atoms with van der Waals surface area (Å²) in [6, 6.07) is 9.05. The van der Waals surface area contributed by atoms with E-state index in [1.165, 1.54) is 0 Å². The van der Waals surface area contributed by atoms with Crippen molar-refractivity contribution in [2.75, 3.05) is 19.3 Å². The summed E-state index contributed by atoms with van der Waals surface area (Å²) in [7, 11) is -3.23. The number of carbonyl (C=O) groups is 1. The Morgan fingerprint density at radius 2 is 2.00 bits per heavy atom. The summed E-state index contributed by atoms with van der Waals surface area (Å²) in [6.07, 6.45) is 3.96. The fourth-order valence-corrected chi connectivity index (χ4v) is 2.97. The number of nitrogens with one attached hydrogen (secondary N) is 1. The highest BCUT2D eigenvalue weighted by molar-refractivity contribution is 7.88. The number of hydrogen-bond donors (Lipinski definition) is 1. The third kappa shape index (κ3) is 4.05. The molecule has 1 amide bonds. The van der Waals surface area contributed by atoms with Gasteiger partial charge in [0.05, 0.1) is 6.26 Å². The highest BCUT2D eigenvalue weighted by Gasteiger charge is 2.27. The standard InChI is InChI=1S/C14H20N2O3S/c1-20(18,19)15-11-13-9-5-6-10-16(13)14(17)12-7-3-2-4-8-12/h2-4,7-8,13,15H,5-6,9-11H2,1H3/t13-/m1/s1. The van der Waals surface area contributed by atoms with Crippen LogP contribution in [0.15, 0.2) is 30.3 Å². The third-order valence-corrected chi connectivity index (χ3v) is 4.18. The van der Waals surface area contributed by atoms with E-state index in [9.17, 15) is 13.2 Å². The molecule has 0 aliphatic carbocycles. The van der Waals surface area contributed by atoms with E-state index in [0.29, 0.717) is 12.1 Å². The van der Waals surface area contributed by atoms with Crippen molar-refractivity contribution in [3.8, 4) is 0 Å². The van der Waals surface area contributed by atoms with Crippen LogP contribution in [0.5, 0.6) is 0 Å². The van der Waals surface area contributed by atoms with E-state index < -0.39 is 10.0 Å². The molecule has 1 N–H and O–H groups in total. The van der Waals surface area contributed by atoms with Crippen molar-refractivity contribution in [1.29, 1.82) is 0 Å². The van der Waals surface area contributed by atoms with Crippen LogP contribution in [0.2, 0.25) is 0 Å². The first kappa shape index (κ1) is 15.0. The number of amides is 1. The van der Waals surface area contributed by atoms with Crippen LogP contribution in [0.1, 0.15) is 29.6 Å². The van der Waals surface area contributed by atoms with Crippen LogP contribution in [0.25, 0.3) is 0 Å². The molecular weight excluding hydrogens is 276 g/mol. The van der Waals surface area contributed by atoms with Crippen molar-refractivity contribution in [3.63, 3.8) is 0 Å². The van der Waals surface area contributed by atoms with Gasteiger partial charge in [-0.2, -0.15) is 0 Å². The summed E-state index contributed by atoms with van der Waals surface area (Å²) in [5.74, 6) is -0.0226. The number of benzene rings is 1. The summed E-state index contributed by atoms with van der Waals surface area (Å²) in [5, 5.41) is 0. The van der Waals surface area contributed by atoms with Gasteiger partial charge in [0.1, 0.15) is 0 Å². The van der Waals surface area contributed by atoms with Gasteiger partial charge >= 0.3 is 0 Å². The van der Waals surface area contributed by atoms with Gasteiger partial charge < -0.3 is 4.90 Å². The molecule has 0 spiro atoms. The van der Waals surface area contributed by atoms with E-state index >= 15 is 0 Å². The van der Waals surface area contributed by atoms with Crippen LogP contribution in [0, 0.1) is 0 Å². The molecule has 5 nitrogen and oxygen atoms in total. The second-order valence-corrected chi connectivity index (χ2v) is 6.97. The van der Waals surface area contributed by atoms with Crippen LogP contribution in [0.3, 0.4) is 0 Å². The number of piperidine rings is 1. The van der Waals surface area contributed by atoms with Crippen molar-refractivity contribution >= 4 is 15.9 Å². The highest BCUT2D eigenvalue weighted by atomic mass is 32.2. The van der Waals surface area contributed by atoms with Gasteiger partial charge in [0.25, 0.3) is 5.91 Å². The lowest BCUT2D eigenvalue weighted by atomic mass is 10.0. The Labute approximate surface area is 120 Å². The largest absolute Gasteiger partial charge is 0.334 e. The number of carbonyl (C=O) groups excluding carboxylic acids is 1. The smallest absolute Gasteiger partial charge is 0.254 e. The van der Waals surface area contributed by atoms with E-state index in [1.54, 1.807) is 17.0 Å². The van der Waals surface area contributed by atoms with Gasteiger partial charge in [-0.1, -0.05) is 18.2 Å². The summed E-state index contributed by atoms with van der Waals surface area (Å²) in [6.45, 7) is 0.973. The maximum Gasteiger partial charge on any atom is 0.254 e. The SMILES string of the molecule is CS(=O)(=O)NC[C@H]1CCCCN1C(=O)c1ccccc1. The second kappa shape index (κ2) is 6.37. The minimum absolute atomic E-state index is 0.0226. The Bertz CT molecular complexity index is 557. The Morgan fingerprint density at radius 3 is 2.65 bits per heavy atom. The molecule has 0 radical (unpaired) electrons. The van der Waals surface area contributed by atoms with E-state index in [-0.39, 0.29) is 18.5 Å². The first-order valence-corrected chi connectivity index (χ1v) is 8.67. The van der Waals surface area contributed by atoms with Crippen molar-refractivity contribution in [2.24, 2.45) is 0 Å². The molecule has 6 heteroatoms. The predicted octanol–water partition coefficient (Wildman–Crippen LogP) is 1.23. The minimum atomic E-state index is -3.23. The van der Waals surface area contributed by atoms with Crippen molar-refractivity contribution in [1.82, 2.24) is 9.62 Å². The molecule has 2 rings (SSSR count). The molecule has 110 valence electrons. The normalized spacial score (nSPS) is 19.9. The Kier molecular flexibility index (Phi) is 4.77. The molecule has 1 saturated heterocycles. The lowest BCUT2D eigenvalue weighted by Gasteiger charge is -2.35. The Hall–Kier alpha value is -1.40. The van der Waals surface area contributed by atoms with Crippen LogP contribution < -0.4 is 4.72 Å². The number of nitrogens with zero attached hydrogens (tertiary/aromatic N) is 1. The average Bonchev–Trinajstić information content (AvgIpc) is 2.45. The molecule has 0 bridgehead atoms. The Balaban J connectivity index is 2.09. The van der Waals surface area contributed by atoms with Gasteiger partial charge in [-0.15, -0.1) is 0 Å². The topological polar surface area (TPSA) is 66.5 Å². The number of sulfonamides is 1. The van der Waals surface area contributed by atoms with Crippen LogP contribution in [-0.4, -0.2) is 44.6 Å². The first-order chi connectivity index (χ1) is 9.47. The number of rotatable bonds is 4. The Morgan fingerprint density at radius 1 is 1.30 bits per heavy atom. The van der Waals surface area contributed by atoms with Gasteiger partial charge in [0.15, 0.2) is 0 Å². The molecule has 1 atom stereocenters. The maximum absolute atomic E-state index is 12.5. The summed E-state index contributed by atoms with van der Waals surface area (Å²) in [5.41, 5.74) is 0.652. The van der Waals surface area contributed by atoms with Gasteiger partial charge in [0.2, 0.25) is 10.0 Å². The molecule has 1 fully saturated rings. The molecular formula is C14H20N2O3S. The molecule has 1 aliphatic heterocycles. The van der Waals surface area contributed by atoms with Crippen molar-refractivity contribution in [2.45, 2.75) is 25.3 Å². The zero-order valence-corrected chi connectivity index (χ0v) is 12.4. The van der Waals surface area contributed by atoms with Crippen LogP contribution in [0.4, 0.5) is 0 Å². The zero-order chi connectivity index (χ0) is 14.6. The average molecular weight is 296 g/mol. The van der Waals surface area contributed by atoms with E-state index in [2.05, 4.69) is 4.72 Å².